The summed E-state index contributed by atoms with van der Waals surface area (Å²) in [4.78, 5) is 14.0. The lowest BCUT2D eigenvalue weighted by Gasteiger charge is -2.34. The molecule has 0 aliphatic carbocycles. The van der Waals surface area contributed by atoms with Gasteiger partial charge in [-0.05, 0) is 17.7 Å². The summed E-state index contributed by atoms with van der Waals surface area (Å²) in [5.41, 5.74) is 7.57. The zero-order valence-corrected chi connectivity index (χ0v) is 11.9. The van der Waals surface area contributed by atoms with Gasteiger partial charge in [0.15, 0.2) is 0 Å². The van der Waals surface area contributed by atoms with E-state index in [2.05, 4.69) is 10.2 Å². The summed E-state index contributed by atoms with van der Waals surface area (Å²) < 4.78 is 10.5. The molecule has 0 bridgehead atoms. The molecule has 1 aromatic carbocycles. The molecule has 0 radical (unpaired) electrons. The first-order chi connectivity index (χ1) is 9.65. The van der Waals surface area contributed by atoms with Crippen molar-refractivity contribution in [2.24, 2.45) is 0 Å². The first kappa shape index (κ1) is 14.6. The van der Waals surface area contributed by atoms with Crippen molar-refractivity contribution >= 4 is 11.6 Å². The van der Waals surface area contributed by atoms with Gasteiger partial charge in [-0.1, -0.05) is 6.07 Å². The number of ether oxygens (including phenoxy) is 2. The fourth-order valence-corrected chi connectivity index (χ4v) is 2.35. The highest BCUT2D eigenvalue weighted by atomic mass is 16.5. The molecular formula is C14H21N3O3. The van der Waals surface area contributed by atoms with Crippen LogP contribution in [0.25, 0.3) is 0 Å². The number of morpholine rings is 1. The highest BCUT2D eigenvalue weighted by Gasteiger charge is 2.28. The van der Waals surface area contributed by atoms with Crippen LogP contribution in [0.4, 0.5) is 5.69 Å². The van der Waals surface area contributed by atoms with Crippen LogP contribution in [-0.2, 0) is 16.1 Å². The average molecular weight is 279 g/mol. The Morgan fingerprint density at radius 1 is 1.60 bits per heavy atom. The Morgan fingerprint density at radius 3 is 3.05 bits per heavy atom. The number of carbonyl (C=O) groups is 1. The predicted octanol–water partition coefficient (Wildman–Crippen LogP) is 0.224. The summed E-state index contributed by atoms with van der Waals surface area (Å²) in [7, 11) is 3.23. The highest BCUT2D eigenvalue weighted by Crippen LogP contribution is 2.23. The molecular weight excluding hydrogens is 258 g/mol. The number of rotatable bonds is 4. The van der Waals surface area contributed by atoms with Crippen LogP contribution < -0.4 is 15.8 Å². The number of nitrogens with two attached hydrogens (primary N) is 1. The molecule has 2 rings (SSSR count). The molecule has 3 N–H and O–H groups in total. The van der Waals surface area contributed by atoms with Crippen molar-refractivity contribution in [3.63, 3.8) is 0 Å². The Labute approximate surface area is 118 Å². The van der Waals surface area contributed by atoms with E-state index >= 15 is 0 Å². The molecule has 6 nitrogen and oxygen atoms in total. The van der Waals surface area contributed by atoms with Crippen LogP contribution >= 0.6 is 0 Å². The molecule has 0 spiro atoms. The molecule has 0 aromatic heterocycles. The van der Waals surface area contributed by atoms with Crippen LogP contribution in [-0.4, -0.2) is 50.8 Å². The van der Waals surface area contributed by atoms with Crippen LogP contribution in [0.2, 0.25) is 0 Å². The van der Waals surface area contributed by atoms with Crippen molar-refractivity contribution in [3.05, 3.63) is 23.8 Å². The maximum atomic E-state index is 11.9. The van der Waals surface area contributed by atoms with Crippen molar-refractivity contribution in [2.75, 3.05) is 39.6 Å². The quantitative estimate of drug-likeness (QED) is 0.771. The third-order valence-corrected chi connectivity index (χ3v) is 3.47. The van der Waals surface area contributed by atoms with Gasteiger partial charge in [-0.15, -0.1) is 0 Å². The zero-order chi connectivity index (χ0) is 14.5. The van der Waals surface area contributed by atoms with Gasteiger partial charge in [-0.2, -0.15) is 0 Å². The summed E-state index contributed by atoms with van der Waals surface area (Å²) in [5.74, 6) is 0.643. The minimum Gasteiger partial charge on any atom is -0.495 e. The monoisotopic (exact) mass is 279 g/mol. The van der Waals surface area contributed by atoms with Gasteiger partial charge in [-0.25, -0.2) is 0 Å². The van der Waals surface area contributed by atoms with E-state index in [1.165, 1.54) is 0 Å². The molecule has 1 saturated heterocycles. The number of methoxy groups -OCH3 is 1. The standard InChI is InChI=1S/C14H21N3O3/c1-16-14(18)12-9-20-6-5-17(12)8-10-3-4-13(19-2)11(15)7-10/h3-4,7,12H,5-6,8-9,15H2,1-2H3,(H,16,18). The van der Waals surface area contributed by atoms with Crippen molar-refractivity contribution in [3.8, 4) is 5.75 Å². The molecule has 1 aliphatic rings. The SMILES string of the molecule is CNC(=O)C1COCCN1Cc1ccc(OC)c(N)c1. The number of nitrogens with one attached hydrogen (secondary N) is 1. The normalized spacial score (nSPS) is 19.6. The van der Waals surface area contributed by atoms with Crippen molar-refractivity contribution in [1.82, 2.24) is 10.2 Å². The largest absolute Gasteiger partial charge is 0.495 e. The van der Waals surface area contributed by atoms with Crippen LogP contribution in [0, 0.1) is 0 Å². The van der Waals surface area contributed by atoms with Crippen LogP contribution in [0.1, 0.15) is 5.56 Å². The fourth-order valence-electron chi connectivity index (χ4n) is 2.35. The number of likely N-dealkylation sites (N-methyl/N-ethyl adjacent to an activating group) is 1. The van der Waals surface area contributed by atoms with Crippen LogP contribution in [0.5, 0.6) is 5.75 Å². The lowest BCUT2D eigenvalue weighted by molar-refractivity contribution is -0.132. The molecule has 20 heavy (non-hydrogen) atoms. The molecule has 1 heterocycles. The van der Waals surface area contributed by atoms with E-state index in [0.717, 1.165) is 12.1 Å². The minimum atomic E-state index is -0.253. The number of benzene rings is 1. The summed E-state index contributed by atoms with van der Waals surface area (Å²) in [6, 6.07) is 5.44. The Hall–Kier alpha value is -1.79. The molecule has 6 heteroatoms. The molecule has 1 atom stereocenters. The van der Waals surface area contributed by atoms with Crippen molar-refractivity contribution in [2.45, 2.75) is 12.6 Å². The number of anilines is 1. The molecule has 1 amide bonds. The lowest BCUT2D eigenvalue weighted by atomic mass is 10.1. The molecule has 1 unspecified atom stereocenters. The summed E-state index contributed by atoms with van der Waals surface area (Å²) in [6.07, 6.45) is 0. The number of hydrogen-bond donors (Lipinski definition) is 2. The van der Waals surface area contributed by atoms with Gasteiger partial charge in [-0.3, -0.25) is 9.69 Å². The first-order valence-electron chi connectivity index (χ1n) is 6.61. The van der Waals surface area contributed by atoms with Crippen molar-refractivity contribution < 1.29 is 14.3 Å². The Morgan fingerprint density at radius 2 is 2.40 bits per heavy atom. The summed E-state index contributed by atoms with van der Waals surface area (Å²) in [6.45, 7) is 2.45. The fraction of sp³-hybridized carbons (Fsp3) is 0.500. The van der Waals surface area contributed by atoms with Crippen LogP contribution in [0.15, 0.2) is 18.2 Å². The maximum Gasteiger partial charge on any atom is 0.239 e. The topological polar surface area (TPSA) is 76.8 Å². The lowest BCUT2D eigenvalue weighted by Crippen LogP contribution is -2.52. The number of nitrogens with zero attached hydrogens (tertiary/aromatic N) is 1. The average Bonchev–Trinajstić information content (AvgIpc) is 2.47. The third kappa shape index (κ3) is 3.20. The van der Waals surface area contributed by atoms with Gasteiger partial charge in [0.05, 0.1) is 26.0 Å². The van der Waals surface area contributed by atoms with Gasteiger partial charge in [0.25, 0.3) is 0 Å². The Bertz CT molecular complexity index is 479. The van der Waals surface area contributed by atoms with Gasteiger partial charge >= 0.3 is 0 Å². The third-order valence-electron chi connectivity index (χ3n) is 3.47. The smallest absolute Gasteiger partial charge is 0.239 e. The molecule has 110 valence electrons. The first-order valence-corrected chi connectivity index (χ1v) is 6.61. The van der Waals surface area contributed by atoms with Crippen LogP contribution in [0.3, 0.4) is 0 Å². The van der Waals surface area contributed by atoms with E-state index in [4.69, 9.17) is 15.2 Å². The number of amides is 1. The molecule has 1 aromatic rings. The number of hydrogen-bond acceptors (Lipinski definition) is 5. The van der Waals surface area contributed by atoms with E-state index in [0.29, 0.717) is 31.2 Å². The second kappa shape index (κ2) is 6.58. The Balaban J connectivity index is 2.10. The molecule has 1 fully saturated rings. The maximum absolute atomic E-state index is 11.9. The Kier molecular flexibility index (Phi) is 4.81. The minimum absolute atomic E-state index is 0.0221. The van der Waals surface area contributed by atoms with E-state index in [-0.39, 0.29) is 11.9 Å². The van der Waals surface area contributed by atoms with Crippen molar-refractivity contribution in [1.29, 1.82) is 0 Å². The molecule has 0 saturated carbocycles. The second-order valence-corrected chi connectivity index (χ2v) is 4.75. The predicted molar refractivity (Wildman–Crippen MR) is 76.5 cm³/mol. The highest BCUT2D eigenvalue weighted by molar-refractivity contribution is 5.81. The van der Waals surface area contributed by atoms with Gasteiger partial charge in [0.1, 0.15) is 11.8 Å². The summed E-state index contributed by atoms with van der Waals surface area (Å²) in [5, 5.41) is 2.67. The van der Waals surface area contributed by atoms with E-state index in [1.807, 2.05) is 18.2 Å². The van der Waals surface area contributed by atoms with E-state index in [1.54, 1.807) is 14.2 Å². The number of carbonyl (C=O) groups excluding carboxylic acids is 1. The number of nitrogen functional groups attached to an aromatic ring is 1. The van der Waals surface area contributed by atoms with Gasteiger partial charge in [0.2, 0.25) is 5.91 Å². The van der Waals surface area contributed by atoms with E-state index in [9.17, 15) is 4.79 Å². The molecule has 1 aliphatic heterocycles. The van der Waals surface area contributed by atoms with Gasteiger partial charge in [0, 0.05) is 20.1 Å². The second-order valence-electron chi connectivity index (χ2n) is 4.75. The zero-order valence-electron chi connectivity index (χ0n) is 11.9. The van der Waals surface area contributed by atoms with E-state index < -0.39 is 0 Å². The van der Waals surface area contributed by atoms with Gasteiger partial charge < -0.3 is 20.5 Å². The summed E-state index contributed by atoms with van der Waals surface area (Å²) >= 11 is 0.